The predicted molar refractivity (Wildman–Crippen MR) is 86.4 cm³/mol. The molecule has 1 unspecified atom stereocenters. The summed E-state index contributed by atoms with van der Waals surface area (Å²) in [7, 11) is -2.05. The molecule has 0 saturated carbocycles. The predicted octanol–water partition coefficient (Wildman–Crippen LogP) is 4.56. The Morgan fingerprint density at radius 1 is 1.05 bits per heavy atom. The van der Waals surface area contributed by atoms with E-state index in [4.69, 9.17) is 8.85 Å². The zero-order chi connectivity index (χ0) is 14.7. The number of hydrogen-bond acceptors (Lipinski definition) is 3. The van der Waals surface area contributed by atoms with Crippen molar-refractivity contribution < 1.29 is 8.85 Å². The second-order valence-corrected chi connectivity index (χ2v) is 8.55. The van der Waals surface area contributed by atoms with Crippen LogP contribution >= 0.6 is 0 Å². The average molecular weight is 288 g/mol. The zero-order valence-corrected chi connectivity index (χ0v) is 14.8. The van der Waals surface area contributed by atoms with Crippen LogP contribution in [-0.2, 0) is 8.85 Å². The van der Waals surface area contributed by atoms with Crippen molar-refractivity contribution >= 4 is 14.3 Å². The lowest BCUT2D eigenvalue weighted by Crippen LogP contribution is -2.44. The van der Waals surface area contributed by atoms with E-state index in [9.17, 15) is 0 Å². The maximum Gasteiger partial charge on any atom is 0.338 e. The standard InChI is InChI=1S/C15H33NO2Si/c1-7-11-15(12-13-16-14(5)8-2)19(6,17-9-3)18-10-4/h15H,7-13H2,1-6H3. The molecule has 0 aliphatic rings. The summed E-state index contributed by atoms with van der Waals surface area (Å²) in [5, 5.41) is 0. The summed E-state index contributed by atoms with van der Waals surface area (Å²) in [5.41, 5.74) is 1.79. The van der Waals surface area contributed by atoms with Crippen molar-refractivity contribution in [2.24, 2.45) is 4.99 Å². The summed E-state index contributed by atoms with van der Waals surface area (Å²) >= 11 is 0. The second kappa shape index (κ2) is 10.6. The molecule has 0 aromatic heterocycles. The Morgan fingerprint density at radius 2 is 1.63 bits per heavy atom. The van der Waals surface area contributed by atoms with Crippen molar-refractivity contribution in [1.29, 1.82) is 0 Å². The minimum atomic E-state index is -2.05. The molecule has 0 fully saturated rings. The molecule has 0 aromatic rings. The lowest BCUT2D eigenvalue weighted by molar-refractivity contribution is 0.175. The second-order valence-electron chi connectivity index (χ2n) is 5.13. The monoisotopic (exact) mass is 287 g/mol. The summed E-state index contributed by atoms with van der Waals surface area (Å²) in [4.78, 5) is 4.63. The Labute approximate surface area is 121 Å². The molecular weight excluding hydrogens is 254 g/mol. The maximum absolute atomic E-state index is 6.04. The molecule has 3 nitrogen and oxygen atoms in total. The highest BCUT2D eigenvalue weighted by Crippen LogP contribution is 2.32. The fourth-order valence-electron chi connectivity index (χ4n) is 2.39. The van der Waals surface area contributed by atoms with E-state index in [2.05, 4.69) is 46.2 Å². The molecule has 0 bridgehead atoms. The van der Waals surface area contributed by atoms with Gasteiger partial charge in [-0.3, -0.25) is 4.99 Å². The Balaban J connectivity index is 4.64. The first kappa shape index (κ1) is 18.8. The number of rotatable bonds is 11. The van der Waals surface area contributed by atoms with Gasteiger partial charge in [0.25, 0.3) is 0 Å². The van der Waals surface area contributed by atoms with Crippen molar-refractivity contribution in [2.75, 3.05) is 19.8 Å². The summed E-state index contributed by atoms with van der Waals surface area (Å²) in [5.74, 6) is 0. The van der Waals surface area contributed by atoms with E-state index < -0.39 is 8.56 Å². The van der Waals surface area contributed by atoms with Crippen molar-refractivity contribution in [2.45, 2.75) is 72.4 Å². The average Bonchev–Trinajstić information content (AvgIpc) is 2.38. The van der Waals surface area contributed by atoms with Gasteiger partial charge in [-0.2, -0.15) is 0 Å². The van der Waals surface area contributed by atoms with Crippen LogP contribution in [0.5, 0.6) is 0 Å². The third-order valence-electron chi connectivity index (χ3n) is 3.61. The van der Waals surface area contributed by atoms with Gasteiger partial charge >= 0.3 is 8.56 Å². The normalized spacial score (nSPS) is 14.7. The van der Waals surface area contributed by atoms with Crippen molar-refractivity contribution in [1.82, 2.24) is 0 Å². The van der Waals surface area contributed by atoms with Gasteiger partial charge in [0.1, 0.15) is 0 Å². The van der Waals surface area contributed by atoms with Crippen LogP contribution < -0.4 is 0 Å². The largest absolute Gasteiger partial charge is 0.394 e. The first-order valence-electron chi connectivity index (χ1n) is 7.81. The smallest absolute Gasteiger partial charge is 0.338 e. The van der Waals surface area contributed by atoms with E-state index in [1.165, 1.54) is 18.6 Å². The Hall–Kier alpha value is -0.193. The van der Waals surface area contributed by atoms with Crippen LogP contribution in [0.25, 0.3) is 0 Å². The van der Waals surface area contributed by atoms with Gasteiger partial charge in [0.2, 0.25) is 0 Å². The van der Waals surface area contributed by atoms with Gasteiger partial charge in [0, 0.05) is 31.0 Å². The first-order chi connectivity index (χ1) is 9.03. The minimum Gasteiger partial charge on any atom is -0.394 e. The van der Waals surface area contributed by atoms with E-state index >= 15 is 0 Å². The zero-order valence-electron chi connectivity index (χ0n) is 13.8. The number of nitrogens with zero attached hydrogens (tertiary/aromatic N) is 1. The quantitative estimate of drug-likeness (QED) is 0.412. The van der Waals surface area contributed by atoms with Gasteiger partial charge in [0.15, 0.2) is 0 Å². The number of hydrogen-bond donors (Lipinski definition) is 0. The molecule has 0 saturated heterocycles. The summed E-state index contributed by atoms with van der Waals surface area (Å²) in [6, 6.07) is 0. The molecule has 1 atom stereocenters. The van der Waals surface area contributed by atoms with Crippen molar-refractivity contribution in [3.8, 4) is 0 Å². The molecule has 0 heterocycles. The Bertz CT molecular complexity index is 251. The summed E-state index contributed by atoms with van der Waals surface area (Å²) < 4.78 is 12.1. The highest BCUT2D eigenvalue weighted by Gasteiger charge is 2.39. The molecule has 0 amide bonds. The Kier molecular flexibility index (Phi) is 10.5. The van der Waals surface area contributed by atoms with Crippen LogP contribution in [0.3, 0.4) is 0 Å². The molecule has 0 rings (SSSR count). The van der Waals surface area contributed by atoms with Crippen molar-refractivity contribution in [3.05, 3.63) is 0 Å². The van der Waals surface area contributed by atoms with Gasteiger partial charge in [-0.1, -0.05) is 20.3 Å². The molecule has 0 radical (unpaired) electrons. The lowest BCUT2D eigenvalue weighted by atomic mass is 10.2. The lowest BCUT2D eigenvalue weighted by Gasteiger charge is -2.33. The van der Waals surface area contributed by atoms with Crippen LogP contribution in [0.1, 0.15) is 60.3 Å². The molecule has 0 spiro atoms. The molecule has 114 valence electrons. The fourth-order valence-corrected chi connectivity index (χ4v) is 5.56. The van der Waals surface area contributed by atoms with E-state index in [1.807, 2.05) is 0 Å². The third-order valence-corrected chi connectivity index (χ3v) is 7.40. The van der Waals surface area contributed by atoms with Gasteiger partial charge in [-0.05, 0) is 46.6 Å². The molecule has 0 N–H and O–H groups in total. The van der Waals surface area contributed by atoms with Gasteiger partial charge in [-0.15, -0.1) is 0 Å². The minimum absolute atomic E-state index is 0.547. The van der Waals surface area contributed by atoms with Crippen LogP contribution in [0.2, 0.25) is 12.1 Å². The summed E-state index contributed by atoms with van der Waals surface area (Å²) in [6.07, 6.45) is 4.51. The molecule has 0 aliphatic carbocycles. The van der Waals surface area contributed by atoms with Gasteiger partial charge in [0.05, 0.1) is 0 Å². The third kappa shape index (κ3) is 7.23. The SMILES string of the molecule is CCCC(CCN=C(C)CC)[Si](C)(OCC)OCC. The first-order valence-corrected chi connectivity index (χ1v) is 10.2. The number of aliphatic imine (C=N–C) groups is 1. The summed E-state index contributed by atoms with van der Waals surface area (Å²) in [6.45, 7) is 15.3. The van der Waals surface area contributed by atoms with E-state index in [0.29, 0.717) is 5.54 Å². The fraction of sp³-hybridized carbons (Fsp3) is 0.933. The highest BCUT2D eigenvalue weighted by atomic mass is 28.4. The van der Waals surface area contributed by atoms with Gasteiger partial charge < -0.3 is 8.85 Å². The molecule has 19 heavy (non-hydrogen) atoms. The topological polar surface area (TPSA) is 30.8 Å². The van der Waals surface area contributed by atoms with Crippen LogP contribution in [0.15, 0.2) is 4.99 Å². The van der Waals surface area contributed by atoms with Crippen LogP contribution in [-0.4, -0.2) is 34.0 Å². The van der Waals surface area contributed by atoms with E-state index in [1.54, 1.807) is 0 Å². The Morgan fingerprint density at radius 3 is 2.05 bits per heavy atom. The van der Waals surface area contributed by atoms with E-state index in [0.717, 1.165) is 32.6 Å². The van der Waals surface area contributed by atoms with Crippen LogP contribution in [0.4, 0.5) is 0 Å². The highest BCUT2D eigenvalue weighted by molar-refractivity contribution is 6.67. The molecule has 0 aromatic carbocycles. The van der Waals surface area contributed by atoms with E-state index in [-0.39, 0.29) is 0 Å². The van der Waals surface area contributed by atoms with Gasteiger partial charge in [-0.25, -0.2) is 0 Å². The maximum atomic E-state index is 6.04. The van der Waals surface area contributed by atoms with Crippen LogP contribution in [0, 0.1) is 0 Å². The molecular formula is C15H33NO2Si. The molecule has 0 aliphatic heterocycles. The van der Waals surface area contributed by atoms with Crippen molar-refractivity contribution in [3.63, 3.8) is 0 Å². The molecule has 4 heteroatoms.